The van der Waals surface area contributed by atoms with Gasteiger partial charge in [-0.2, -0.15) is 0 Å². The topological polar surface area (TPSA) is 58.1 Å². The van der Waals surface area contributed by atoms with Gasteiger partial charge < -0.3 is 10.2 Å². The van der Waals surface area contributed by atoms with E-state index in [4.69, 9.17) is 0 Å². The number of piperidine rings is 1. The molecule has 6 heteroatoms. The molecule has 0 bridgehead atoms. The van der Waals surface area contributed by atoms with Crippen molar-refractivity contribution in [3.05, 3.63) is 29.7 Å². The van der Waals surface area contributed by atoms with Crippen molar-refractivity contribution >= 4 is 27.7 Å². The van der Waals surface area contributed by atoms with Crippen LogP contribution in [0.15, 0.2) is 29.7 Å². The summed E-state index contributed by atoms with van der Waals surface area (Å²) in [5.41, 5.74) is 0. The van der Waals surface area contributed by atoms with Crippen molar-refractivity contribution in [2.45, 2.75) is 12.8 Å². The number of hydrogen-bond donors (Lipinski definition) is 1. The first-order valence-electron chi connectivity index (χ1n) is 6.29. The van der Waals surface area contributed by atoms with Gasteiger partial charge in [-0.15, -0.1) is 0 Å². The maximum Gasteiger partial charge on any atom is 0.225 e. The molecule has 1 N–H and O–H groups in total. The number of carbonyl (C=O) groups excluding carboxylic acids is 1. The Labute approximate surface area is 121 Å². The molecule has 1 fully saturated rings. The fraction of sp³-hybridized carbons (Fsp3) is 0.462. The third-order valence-corrected chi connectivity index (χ3v) is 3.40. The summed E-state index contributed by atoms with van der Waals surface area (Å²) in [5, 5.41) is 2.88. The summed E-state index contributed by atoms with van der Waals surface area (Å²) in [6.07, 6.45) is 6.97. The molecular formula is C13H17BrN4O. The SMILES string of the molecule is C=C(Br)CNC(=O)C1CCCN(c2cnccn2)C1. The van der Waals surface area contributed by atoms with Gasteiger partial charge >= 0.3 is 0 Å². The van der Waals surface area contributed by atoms with Crippen LogP contribution in [0.25, 0.3) is 0 Å². The number of nitrogens with zero attached hydrogens (tertiary/aromatic N) is 3. The summed E-state index contributed by atoms with van der Waals surface area (Å²) in [4.78, 5) is 22.5. The van der Waals surface area contributed by atoms with Gasteiger partial charge in [0.25, 0.3) is 0 Å². The van der Waals surface area contributed by atoms with Crippen molar-refractivity contribution in [1.29, 1.82) is 0 Å². The first-order chi connectivity index (χ1) is 9.16. The highest BCUT2D eigenvalue weighted by atomic mass is 79.9. The van der Waals surface area contributed by atoms with Gasteiger partial charge in [0.15, 0.2) is 0 Å². The maximum absolute atomic E-state index is 12.0. The summed E-state index contributed by atoms with van der Waals surface area (Å²) < 4.78 is 0.780. The molecule has 0 aromatic carbocycles. The van der Waals surface area contributed by atoms with Crippen molar-refractivity contribution in [2.24, 2.45) is 5.92 Å². The van der Waals surface area contributed by atoms with Gasteiger partial charge in [0, 0.05) is 36.5 Å². The fourth-order valence-electron chi connectivity index (χ4n) is 2.18. The van der Waals surface area contributed by atoms with Crippen LogP contribution in [0.3, 0.4) is 0 Å². The Kier molecular flexibility index (Phi) is 4.90. The Morgan fingerprint density at radius 1 is 1.58 bits per heavy atom. The van der Waals surface area contributed by atoms with Gasteiger partial charge in [-0.3, -0.25) is 9.78 Å². The number of aromatic nitrogens is 2. The molecule has 1 aromatic rings. The second-order valence-corrected chi connectivity index (χ2v) is 5.71. The molecule has 2 heterocycles. The van der Waals surface area contributed by atoms with Crippen LogP contribution in [0, 0.1) is 5.92 Å². The van der Waals surface area contributed by atoms with E-state index in [0.717, 1.165) is 29.7 Å². The van der Waals surface area contributed by atoms with Crippen LogP contribution in [0.4, 0.5) is 5.82 Å². The molecule has 0 spiro atoms. The van der Waals surface area contributed by atoms with Crippen molar-refractivity contribution < 1.29 is 4.79 Å². The lowest BCUT2D eigenvalue weighted by Gasteiger charge is -2.32. The zero-order valence-electron chi connectivity index (χ0n) is 10.7. The lowest BCUT2D eigenvalue weighted by Crippen LogP contribution is -2.43. The van der Waals surface area contributed by atoms with Crippen molar-refractivity contribution in [2.75, 3.05) is 24.5 Å². The highest BCUT2D eigenvalue weighted by Crippen LogP contribution is 2.21. The molecule has 1 aliphatic rings. The average Bonchev–Trinajstić information content (AvgIpc) is 2.46. The molecule has 19 heavy (non-hydrogen) atoms. The van der Waals surface area contributed by atoms with Gasteiger partial charge in [-0.05, 0) is 12.8 Å². The number of nitrogens with one attached hydrogen (secondary N) is 1. The minimum atomic E-state index is 0.00241. The van der Waals surface area contributed by atoms with Crippen molar-refractivity contribution in [1.82, 2.24) is 15.3 Å². The average molecular weight is 325 g/mol. The number of amides is 1. The second kappa shape index (κ2) is 6.65. The minimum absolute atomic E-state index is 0.00241. The summed E-state index contributed by atoms with van der Waals surface area (Å²) >= 11 is 3.24. The van der Waals surface area contributed by atoms with E-state index in [2.05, 4.69) is 42.7 Å². The maximum atomic E-state index is 12.0. The summed E-state index contributed by atoms with van der Waals surface area (Å²) in [6.45, 7) is 5.80. The molecule has 2 rings (SSSR count). The van der Waals surface area contributed by atoms with E-state index in [9.17, 15) is 4.79 Å². The summed E-state index contributed by atoms with van der Waals surface area (Å²) in [5.74, 6) is 0.918. The molecule has 1 aliphatic heterocycles. The monoisotopic (exact) mass is 324 g/mol. The van der Waals surface area contributed by atoms with Crippen LogP contribution in [0.1, 0.15) is 12.8 Å². The van der Waals surface area contributed by atoms with E-state index in [1.165, 1.54) is 0 Å². The highest BCUT2D eigenvalue weighted by Gasteiger charge is 2.26. The van der Waals surface area contributed by atoms with Crippen molar-refractivity contribution in [3.8, 4) is 0 Å². The molecule has 0 saturated carbocycles. The van der Waals surface area contributed by atoms with Crippen LogP contribution in [-0.2, 0) is 4.79 Å². The van der Waals surface area contributed by atoms with E-state index in [1.807, 2.05) is 0 Å². The fourth-order valence-corrected chi connectivity index (χ4v) is 2.32. The third-order valence-electron chi connectivity index (χ3n) is 3.12. The number of rotatable bonds is 4. The number of halogens is 1. The first-order valence-corrected chi connectivity index (χ1v) is 7.08. The first kappa shape index (κ1) is 14.0. The molecule has 1 atom stereocenters. The van der Waals surface area contributed by atoms with Gasteiger partial charge in [0.1, 0.15) is 5.82 Å². The molecule has 1 unspecified atom stereocenters. The Morgan fingerprint density at radius 3 is 3.11 bits per heavy atom. The lowest BCUT2D eigenvalue weighted by atomic mass is 9.97. The zero-order valence-corrected chi connectivity index (χ0v) is 12.3. The number of hydrogen-bond acceptors (Lipinski definition) is 4. The Hall–Kier alpha value is -1.43. The van der Waals surface area contributed by atoms with Gasteiger partial charge in [-0.1, -0.05) is 22.5 Å². The Morgan fingerprint density at radius 2 is 2.42 bits per heavy atom. The number of carbonyl (C=O) groups is 1. The molecule has 0 aliphatic carbocycles. The number of anilines is 1. The standard InChI is InChI=1S/C13H17BrN4O/c1-10(14)7-17-13(19)11-3-2-6-18(9-11)12-8-15-4-5-16-12/h4-5,8,11H,1-3,6-7,9H2,(H,17,19). The Bertz CT molecular complexity index is 451. The zero-order chi connectivity index (χ0) is 13.7. The van der Waals surface area contributed by atoms with Gasteiger partial charge in [-0.25, -0.2) is 4.98 Å². The summed E-state index contributed by atoms with van der Waals surface area (Å²) in [6, 6.07) is 0. The van der Waals surface area contributed by atoms with E-state index < -0.39 is 0 Å². The molecule has 0 radical (unpaired) electrons. The van der Waals surface area contributed by atoms with E-state index in [-0.39, 0.29) is 11.8 Å². The summed E-state index contributed by atoms with van der Waals surface area (Å²) in [7, 11) is 0. The molecule has 102 valence electrons. The van der Waals surface area contributed by atoms with Crippen LogP contribution in [-0.4, -0.2) is 35.5 Å². The quantitative estimate of drug-likeness (QED) is 0.916. The highest BCUT2D eigenvalue weighted by molar-refractivity contribution is 9.11. The van der Waals surface area contributed by atoms with Crippen LogP contribution < -0.4 is 10.2 Å². The molecular weight excluding hydrogens is 308 g/mol. The molecule has 5 nitrogen and oxygen atoms in total. The van der Waals surface area contributed by atoms with Crippen LogP contribution in [0.5, 0.6) is 0 Å². The van der Waals surface area contributed by atoms with Gasteiger partial charge in [0.05, 0.1) is 12.1 Å². The third kappa shape index (κ3) is 4.02. The molecule has 1 saturated heterocycles. The minimum Gasteiger partial charge on any atom is -0.355 e. The van der Waals surface area contributed by atoms with Crippen LogP contribution in [0.2, 0.25) is 0 Å². The Balaban J connectivity index is 1.93. The normalized spacial score (nSPS) is 19.0. The molecule has 1 amide bonds. The lowest BCUT2D eigenvalue weighted by molar-refractivity contribution is -0.125. The van der Waals surface area contributed by atoms with Crippen LogP contribution >= 0.6 is 15.9 Å². The smallest absolute Gasteiger partial charge is 0.225 e. The second-order valence-electron chi connectivity index (χ2n) is 4.58. The predicted molar refractivity (Wildman–Crippen MR) is 78.0 cm³/mol. The molecule has 1 aromatic heterocycles. The largest absolute Gasteiger partial charge is 0.355 e. The van der Waals surface area contributed by atoms with E-state index in [0.29, 0.717) is 13.1 Å². The van der Waals surface area contributed by atoms with E-state index in [1.54, 1.807) is 18.6 Å². The van der Waals surface area contributed by atoms with Crippen molar-refractivity contribution in [3.63, 3.8) is 0 Å². The van der Waals surface area contributed by atoms with Gasteiger partial charge in [0.2, 0.25) is 5.91 Å². The predicted octanol–water partition coefficient (Wildman–Crippen LogP) is 1.72. The van der Waals surface area contributed by atoms with E-state index >= 15 is 0 Å².